The van der Waals surface area contributed by atoms with Gasteiger partial charge in [0.25, 0.3) is 0 Å². The third-order valence-corrected chi connectivity index (χ3v) is 20.0. The van der Waals surface area contributed by atoms with Gasteiger partial charge >= 0.3 is 16.5 Å². The van der Waals surface area contributed by atoms with E-state index in [1.54, 1.807) is 0 Å². The minimum Gasteiger partial charge on any atom is -0.493 e. The number of rotatable bonds is 65. The topological polar surface area (TPSA) is 25.3 Å². The average molecular weight is 1320 g/mol. The summed E-state index contributed by atoms with van der Waals surface area (Å²) < 4.78 is 1.49. The van der Waals surface area contributed by atoms with Gasteiger partial charge in [-0.05, 0) is 80.8 Å². The monoisotopic (exact) mass is 1320 g/mol. The van der Waals surface area contributed by atoms with E-state index >= 15 is 0 Å². The molecule has 2 aromatic carbocycles. The van der Waals surface area contributed by atoms with Gasteiger partial charge in [0.2, 0.25) is 11.4 Å². The van der Waals surface area contributed by atoms with E-state index in [2.05, 4.69) is 104 Å². The van der Waals surface area contributed by atoms with Crippen LogP contribution in [0, 0.1) is 13.8 Å². The zero-order valence-electron chi connectivity index (χ0n) is 63.2. The van der Waals surface area contributed by atoms with Crippen LogP contribution in [0.1, 0.15) is 468 Å². The van der Waals surface area contributed by atoms with Crippen LogP contribution in [0.3, 0.4) is 0 Å². The molecule has 1 heterocycles. The van der Waals surface area contributed by atoms with Crippen molar-refractivity contribution in [2.45, 2.75) is 459 Å². The van der Waals surface area contributed by atoms with Crippen LogP contribution in [0.15, 0.2) is 59.7 Å². The Morgan fingerprint density at radius 2 is 0.489 bits per heavy atom. The number of aryl methyl sites for hydroxylation is 2. The van der Waals surface area contributed by atoms with Crippen LogP contribution in [0.4, 0.5) is 0 Å². The quantitative estimate of drug-likeness (QED) is 0.0273. The number of allylic oxidation sites excluding steroid dienone is 2. The predicted molar refractivity (Wildman–Crippen MR) is 413 cm³/mol. The molecule has 0 aliphatic carbocycles. The van der Waals surface area contributed by atoms with E-state index in [0.29, 0.717) is 0 Å². The third-order valence-electron chi connectivity index (χ3n) is 20.0. The summed E-state index contributed by atoms with van der Waals surface area (Å²) in [4.78, 5) is 0. The van der Waals surface area contributed by atoms with Crippen molar-refractivity contribution in [3.05, 3.63) is 101 Å². The molecule has 0 bridgehead atoms. The molecule has 536 valence electrons. The minimum absolute atomic E-state index is 0. The van der Waals surface area contributed by atoms with Gasteiger partial charge in [-0.3, -0.25) is 0 Å². The van der Waals surface area contributed by atoms with Crippen molar-refractivity contribution in [3.63, 3.8) is 0 Å². The number of benzene rings is 2. The van der Waals surface area contributed by atoms with Crippen LogP contribution < -0.4 is 0 Å². The fraction of sp³-hybridized carbons (Fsp3) is 0.798. The third kappa shape index (κ3) is 53.1. The predicted octanol–water partition coefficient (Wildman–Crippen LogP) is 32.3. The number of hydrogen-bond donors (Lipinski definition) is 0. The summed E-state index contributed by atoms with van der Waals surface area (Å²) in [7, 11) is 0. The second kappa shape index (κ2) is 71.8. The van der Waals surface area contributed by atoms with Crippen LogP contribution >= 0.6 is 0 Å². The molecule has 0 amide bonds. The van der Waals surface area contributed by atoms with E-state index in [1.165, 1.54) is 406 Å². The molecule has 0 saturated carbocycles. The summed E-state index contributed by atoms with van der Waals surface area (Å²) in [6.45, 7) is 21.4. The molecule has 3 rings (SSSR count). The van der Waals surface area contributed by atoms with Crippen LogP contribution in [0.2, 0.25) is 0 Å². The van der Waals surface area contributed by atoms with Gasteiger partial charge in [0, 0.05) is 22.3 Å². The Bertz CT molecular complexity index is 1800. The van der Waals surface area contributed by atoms with Crippen molar-refractivity contribution < 1.29 is 21.2 Å². The van der Waals surface area contributed by atoms with E-state index in [-0.39, 0.29) is 16.5 Å². The van der Waals surface area contributed by atoms with Gasteiger partial charge in [-0.15, -0.1) is 0 Å². The van der Waals surface area contributed by atoms with Crippen molar-refractivity contribution in [1.29, 1.82) is 0 Å². The van der Waals surface area contributed by atoms with Crippen molar-refractivity contribution in [2.24, 2.45) is 0 Å². The molecule has 0 unspecified atom stereocenters. The summed E-state index contributed by atoms with van der Waals surface area (Å²) in [5.74, 6) is 0. The standard InChI is InChI=1S/C31H42N2.2C29H59.Ni/c1-5-8-11-12-21-29-24(4)30(27-19-13-17-25(22-27)15-9-6-2)33(32)31(29)28-20-14-18-26(23-28)16-10-7-3;2*1-3-5-7-9-11-13-15-17-19-21-23-25-27-29-28-26-24-22-20-18-16-14-12-10-8-6-4-2;/h13-14,17-20,22-23H,5-12,15-16,21H2,1-4H3;2*1,3-29H2,2H3;/q;2*-1;+2. The van der Waals surface area contributed by atoms with E-state index in [0.717, 1.165) is 61.0 Å². The molecule has 3 heteroatoms. The molecule has 0 atom stereocenters. The maximum Gasteiger partial charge on any atom is 2.00 e. The first-order chi connectivity index (χ1) is 44.9. The molecule has 0 spiro atoms. The molecule has 0 radical (unpaired) electrons. The minimum atomic E-state index is 0. The van der Waals surface area contributed by atoms with E-state index in [1.807, 2.05) is 0 Å². The van der Waals surface area contributed by atoms with Gasteiger partial charge in [-0.2, -0.15) is 12.8 Å². The molecular formula is C89H160N2Ni. The summed E-state index contributed by atoms with van der Waals surface area (Å²) in [5.41, 5.74) is 21.0. The second-order valence-electron chi connectivity index (χ2n) is 28.9. The van der Waals surface area contributed by atoms with Crippen molar-refractivity contribution in [1.82, 2.24) is 0 Å². The van der Waals surface area contributed by atoms with Crippen molar-refractivity contribution in [3.8, 4) is 0 Å². The zero-order chi connectivity index (χ0) is 65.8. The zero-order valence-corrected chi connectivity index (χ0v) is 64.2. The molecule has 0 fully saturated rings. The average Bonchev–Trinajstić information content (AvgIpc) is 1.62. The Morgan fingerprint density at radius 1 is 0.272 bits per heavy atom. The van der Waals surface area contributed by atoms with Gasteiger partial charge in [0.1, 0.15) is 0 Å². The van der Waals surface area contributed by atoms with Gasteiger partial charge in [-0.1, -0.05) is 425 Å². The fourth-order valence-corrected chi connectivity index (χ4v) is 13.9. The molecule has 1 aliphatic heterocycles. The van der Waals surface area contributed by atoms with E-state index in [4.69, 9.17) is 0 Å². The summed E-state index contributed by atoms with van der Waals surface area (Å²) in [6, 6.07) is 17.6. The second-order valence-corrected chi connectivity index (χ2v) is 28.9. The summed E-state index contributed by atoms with van der Waals surface area (Å²) in [6.07, 6.45) is 91.4. The van der Waals surface area contributed by atoms with Gasteiger partial charge in [-0.25, -0.2) is 4.70 Å². The van der Waals surface area contributed by atoms with E-state index in [9.17, 15) is 5.53 Å². The van der Waals surface area contributed by atoms with Crippen LogP contribution in [0.25, 0.3) is 16.9 Å². The molecule has 2 aromatic rings. The van der Waals surface area contributed by atoms with Crippen LogP contribution in [-0.2, 0) is 29.3 Å². The number of nitrogens with zero attached hydrogens (tertiary/aromatic N) is 2. The van der Waals surface area contributed by atoms with Gasteiger partial charge < -0.3 is 19.4 Å². The molecule has 2 nitrogen and oxygen atoms in total. The molecular weight excluding hydrogens is 1160 g/mol. The van der Waals surface area contributed by atoms with Gasteiger partial charge in [0.05, 0.1) is 0 Å². The summed E-state index contributed by atoms with van der Waals surface area (Å²) >= 11 is 0. The molecule has 92 heavy (non-hydrogen) atoms. The number of hydrogen-bond acceptors (Lipinski definition) is 0. The van der Waals surface area contributed by atoms with Crippen LogP contribution in [-0.4, -0.2) is 4.70 Å². The maximum absolute atomic E-state index is 11.6. The van der Waals surface area contributed by atoms with Crippen molar-refractivity contribution >= 4 is 11.4 Å². The normalized spacial score (nSPS) is 12.2. The Morgan fingerprint density at radius 3 is 0.728 bits per heavy atom. The largest absolute Gasteiger partial charge is 2.00 e. The Hall–Kier alpha value is -1.99. The van der Waals surface area contributed by atoms with Gasteiger partial charge in [0.15, 0.2) is 0 Å². The Kier molecular flexibility index (Phi) is 70.2. The first-order valence-corrected chi connectivity index (χ1v) is 41.6. The first kappa shape index (κ1) is 90.0. The first-order valence-electron chi connectivity index (χ1n) is 41.6. The fourth-order valence-electron chi connectivity index (χ4n) is 13.9. The number of unbranched alkanes of at least 4 members (excludes halogenated alkanes) is 57. The molecule has 1 aliphatic rings. The Balaban J connectivity index is 0.00000135. The van der Waals surface area contributed by atoms with E-state index < -0.39 is 0 Å². The maximum atomic E-state index is 11.6. The van der Waals surface area contributed by atoms with Crippen LogP contribution in [0.5, 0.6) is 0 Å². The van der Waals surface area contributed by atoms with Crippen molar-refractivity contribution in [2.75, 3.05) is 0 Å². The molecule has 0 aromatic heterocycles. The SMILES string of the molecule is CCCCCCC1=C(c2cccc(CCCC)c2)[N+](=[N-])C(c2cccc(CCCC)c2)=C1C.[CH2-]CCCCCCCCCCCCCCCCCCCCCCCCCCCC.[CH2-]CCCCCCCCCCCCCCCCCCCCCCCCCCCC.[Ni+2]. The summed E-state index contributed by atoms with van der Waals surface area (Å²) in [5, 5.41) is 0. The molecule has 0 saturated heterocycles. The molecule has 0 N–H and O–H groups in total. The Labute approximate surface area is 589 Å². The smallest absolute Gasteiger partial charge is 0.493 e.